The van der Waals surface area contributed by atoms with Crippen molar-refractivity contribution in [1.29, 1.82) is 0 Å². The first-order valence-corrected chi connectivity index (χ1v) is 9.89. The van der Waals surface area contributed by atoms with E-state index in [4.69, 9.17) is 23.2 Å². The van der Waals surface area contributed by atoms with Crippen molar-refractivity contribution in [3.05, 3.63) is 66.6 Å². The van der Waals surface area contributed by atoms with Crippen LogP contribution in [-0.4, -0.2) is 21.0 Å². The maximum absolute atomic E-state index is 13.0. The smallest absolute Gasteiger partial charge is 0.282 e. The predicted octanol–water partition coefficient (Wildman–Crippen LogP) is 5.40. The zero-order valence-corrected chi connectivity index (χ0v) is 17.5. The summed E-state index contributed by atoms with van der Waals surface area (Å²) in [6.07, 6.45) is 3.97. The summed E-state index contributed by atoms with van der Waals surface area (Å²) in [6.45, 7) is 2.07. The van der Waals surface area contributed by atoms with Gasteiger partial charge in [0.1, 0.15) is 5.82 Å². The van der Waals surface area contributed by atoms with Crippen LogP contribution in [0.2, 0.25) is 10.0 Å². The van der Waals surface area contributed by atoms with Crippen LogP contribution in [0.1, 0.15) is 31.2 Å². The van der Waals surface area contributed by atoms with Crippen molar-refractivity contribution in [2.75, 3.05) is 0 Å². The summed E-state index contributed by atoms with van der Waals surface area (Å²) in [6, 6.07) is 8.44. The number of phenols is 1. The highest BCUT2D eigenvalue weighted by Crippen LogP contribution is 2.32. The van der Waals surface area contributed by atoms with Gasteiger partial charge in [-0.25, -0.2) is 4.98 Å². The van der Waals surface area contributed by atoms with E-state index in [1.165, 1.54) is 23.0 Å². The predicted molar refractivity (Wildman–Crippen MR) is 113 cm³/mol. The van der Waals surface area contributed by atoms with Gasteiger partial charge >= 0.3 is 0 Å². The van der Waals surface area contributed by atoms with Gasteiger partial charge in [0.25, 0.3) is 5.56 Å². The number of benzene rings is 2. The first kappa shape index (κ1) is 19.9. The Morgan fingerprint density at radius 2 is 1.96 bits per heavy atom. The topological polar surface area (TPSA) is 67.5 Å². The first-order valence-electron chi connectivity index (χ1n) is 8.34. The molecule has 0 saturated carbocycles. The number of unbranched alkanes of at least 4 members (excludes halogenated alkanes) is 1. The number of hydrogen-bond donors (Lipinski definition) is 1. The highest BCUT2D eigenvalue weighted by Gasteiger charge is 2.11. The Morgan fingerprint density at radius 1 is 1.26 bits per heavy atom. The number of aromatic hydroxyl groups is 1. The lowest BCUT2D eigenvalue weighted by Crippen LogP contribution is -2.22. The van der Waals surface area contributed by atoms with Crippen molar-refractivity contribution in [2.45, 2.75) is 26.2 Å². The van der Waals surface area contributed by atoms with Crippen LogP contribution in [-0.2, 0) is 6.42 Å². The molecule has 0 aliphatic carbocycles. The maximum atomic E-state index is 13.0. The molecule has 2 aromatic carbocycles. The van der Waals surface area contributed by atoms with Gasteiger partial charge in [0.2, 0.25) is 0 Å². The quantitative estimate of drug-likeness (QED) is 0.510. The lowest BCUT2D eigenvalue weighted by molar-refractivity contribution is 0.476. The van der Waals surface area contributed by atoms with E-state index in [2.05, 4.69) is 32.9 Å². The molecule has 0 saturated heterocycles. The van der Waals surface area contributed by atoms with Crippen molar-refractivity contribution in [1.82, 2.24) is 9.66 Å². The number of fused-ring (bicyclic) bond motifs is 1. The molecular weight excluding hydrogens is 453 g/mol. The average molecular weight is 469 g/mol. The molecule has 0 unspecified atom stereocenters. The normalized spacial score (nSPS) is 11.6. The monoisotopic (exact) mass is 467 g/mol. The SMILES string of the molecule is CCCCc1nc2ccc(Br)cc2c(=O)n1N=Cc1cc(Cl)c(O)c(Cl)c1. The van der Waals surface area contributed by atoms with Gasteiger partial charge in [0.05, 0.1) is 27.2 Å². The van der Waals surface area contributed by atoms with Crippen LogP contribution in [0.25, 0.3) is 10.9 Å². The number of aryl methyl sites for hydroxylation is 1. The molecule has 0 aliphatic heterocycles. The van der Waals surface area contributed by atoms with Gasteiger partial charge < -0.3 is 5.11 Å². The summed E-state index contributed by atoms with van der Waals surface area (Å²) < 4.78 is 2.10. The molecule has 1 N–H and O–H groups in total. The molecule has 1 heterocycles. The molecule has 27 heavy (non-hydrogen) atoms. The van der Waals surface area contributed by atoms with Gasteiger partial charge in [-0.3, -0.25) is 4.79 Å². The third kappa shape index (κ3) is 4.34. The minimum Gasteiger partial charge on any atom is -0.505 e. The highest BCUT2D eigenvalue weighted by molar-refractivity contribution is 9.10. The molecule has 3 rings (SSSR count). The Hall–Kier alpha value is -1.89. The Morgan fingerprint density at radius 3 is 2.63 bits per heavy atom. The van der Waals surface area contributed by atoms with E-state index in [0.29, 0.717) is 28.7 Å². The molecule has 0 aliphatic rings. The summed E-state index contributed by atoms with van der Waals surface area (Å²) in [5, 5.41) is 14.7. The van der Waals surface area contributed by atoms with Crippen LogP contribution >= 0.6 is 39.1 Å². The van der Waals surface area contributed by atoms with Gasteiger partial charge in [-0.15, -0.1) is 0 Å². The summed E-state index contributed by atoms with van der Waals surface area (Å²) in [4.78, 5) is 17.6. The zero-order chi connectivity index (χ0) is 19.6. The minimum atomic E-state index is -0.250. The van der Waals surface area contributed by atoms with Crippen molar-refractivity contribution in [3.8, 4) is 5.75 Å². The molecule has 8 heteroatoms. The lowest BCUT2D eigenvalue weighted by Gasteiger charge is -2.09. The van der Waals surface area contributed by atoms with Crippen LogP contribution in [0, 0.1) is 0 Å². The maximum Gasteiger partial charge on any atom is 0.282 e. The van der Waals surface area contributed by atoms with E-state index in [1.54, 1.807) is 6.07 Å². The van der Waals surface area contributed by atoms with Crippen LogP contribution in [0.15, 0.2) is 44.7 Å². The van der Waals surface area contributed by atoms with E-state index in [1.807, 2.05) is 12.1 Å². The average Bonchev–Trinajstić information content (AvgIpc) is 2.64. The zero-order valence-electron chi connectivity index (χ0n) is 14.4. The number of nitrogens with zero attached hydrogens (tertiary/aromatic N) is 3. The van der Waals surface area contributed by atoms with E-state index in [9.17, 15) is 9.90 Å². The van der Waals surface area contributed by atoms with Crippen LogP contribution in [0.5, 0.6) is 5.75 Å². The fourth-order valence-corrected chi connectivity index (χ4v) is 3.46. The van der Waals surface area contributed by atoms with Crippen LogP contribution in [0.3, 0.4) is 0 Å². The minimum absolute atomic E-state index is 0.114. The fourth-order valence-electron chi connectivity index (χ4n) is 2.59. The van der Waals surface area contributed by atoms with Crippen LogP contribution < -0.4 is 5.56 Å². The lowest BCUT2D eigenvalue weighted by atomic mass is 10.2. The molecule has 3 aromatic rings. The Bertz CT molecular complexity index is 1070. The molecule has 0 spiro atoms. The van der Waals surface area contributed by atoms with E-state index >= 15 is 0 Å². The molecule has 0 bridgehead atoms. The molecule has 140 valence electrons. The molecule has 0 atom stereocenters. The van der Waals surface area contributed by atoms with E-state index in [0.717, 1.165) is 17.3 Å². The van der Waals surface area contributed by atoms with Gasteiger partial charge in [-0.05, 0) is 42.3 Å². The summed E-state index contributed by atoms with van der Waals surface area (Å²) in [7, 11) is 0. The second kappa shape index (κ2) is 8.42. The standard InChI is InChI=1S/C19H16BrCl2N3O2/c1-2-3-4-17-24-16-6-5-12(20)9-13(16)19(27)25(17)23-10-11-7-14(21)18(26)15(22)8-11/h5-10,26H,2-4H2,1H3. The van der Waals surface area contributed by atoms with E-state index in [-0.39, 0.29) is 21.4 Å². The van der Waals surface area contributed by atoms with Gasteiger partial charge in [0, 0.05) is 10.9 Å². The van der Waals surface area contributed by atoms with Crippen molar-refractivity contribution >= 4 is 56.2 Å². The second-order valence-corrected chi connectivity index (χ2v) is 7.72. The highest BCUT2D eigenvalue weighted by atomic mass is 79.9. The van der Waals surface area contributed by atoms with Crippen molar-refractivity contribution in [2.24, 2.45) is 5.10 Å². The summed E-state index contributed by atoms with van der Waals surface area (Å²) in [5.41, 5.74) is 0.946. The van der Waals surface area contributed by atoms with Gasteiger partial charge in [-0.1, -0.05) is 52.5 Å². The first-order chi connectivity index (χ1) is 12.9. The third-order valence-corrected chi connectivity index (χ3v) is 5.06. The second-order valence-electron chi connectivity index (χ2n) is 5.99. The largest absolute Gasteiger partial charge is 0.505 e. The van der Waals surface area contributed by atoms with Gasteiger partial charge in [-0.2, -0.15) is 9.78 Å². The number of halogens is 3. The number of hydrogen-bond acceptors (Lipinski definition) is 4. The third-order valence-electron chi connectivity index (χ3n) is 3.99. The number of phenolic OH excluding ortho intramolecular Hbond substituents is 1. The van der Waals surface area contributed by atoms with Gasteiger partial charge in [0.15, 0.2) is 5.75 Å². The molecule has 0 amide bonds. The number of aromatic nitrogens is 2. The molecular formula is C19H16BrCl2N3O2. The molecule has 1 aromatic heterocycles. The molecule has 0 radical (unpaired) electrons. The van der Waals surface area contributed by atoms with Crippen molar-refractivity contribution in [3.63, 3.8) is 0 Å². The number of rotatable bonds is 5. The van der Waals surface area contributed by atoms with Crippen molar-refractivity contribution < 1.29 is 5.11 Å². The Balaban J connectivity index is 2.13. The summed E-state index contributed by atoms with van der Waals surface area (Å²) in [5.74, 6) is 0.400. The Kier molecular flexibility index (Phi) is 6.19. The molecule has 5 nitrogen and oxygen atoms in total. The fraction of sp³-hybridized carbons (Fsp3) is 0.211. The summed E-state index contributed by atoms with van der Waals surface area (Å²) >= 11 is 15.3. The van der Waals surface area contributed by atoms with E-state index < -0.39 is 0 Å². The van der Waals surface area contributed by atoms with Crippen LogP contribution in [0.4, 0.5) is 0 Å². The molecule has 0 fully saturated rings. The Labute approximate surface area is 174 Å².